The van der Waals surface area contributed by atoms with Crippen molar-refractivity contribution >= 4 is 33.9 Å². The molecule has 1 aliphatic rings. The van der Waals surface area contributed by atoms with E-state index < -0.39 is 17.7 Å². The minimum Gasteiger partial charge on any atom is -0.507 e. The van der Waals surface area contributed by atoms with Crippen molar-refractivity contribution < 1.29 is 14.7 Å². The van der Waals surface area contributed by atoms with Crippen LogP contribution in [0, 0.1) is 20.8 Å². The van der Waals surface area contributed by atoms with Gasteiger partial charge in [0.05, 0.1) is 17.3 Å². The molecule has 3 aromatic rings. The third kappa shape index (κ3) is 3.25. The van der Waals surface area contributed by atoms with Crippen LogP contribution in [0.4, 0.5) is 5.13 Å². The lowest BCUT2D eigenvalue weighted by Crippen LogP contribution is -2.29. The average Bonchev–Trinajstić information content (AvgIpc) is 3.18. The smallest absolute Gasteiger partial charge is 0.301 e. The Labute approximate surface area is 173 Å². The Balaban J connectivity index is 1.94. The summed E-state index contributed by atoms with van der Waals surface area (Å²) in [7, 11) is 0. The van der Waals surface area contributed by atoms with Crippen molar-refractivity contribution in [3.05, 3.63) is 87.4 Å². The van der Waals surface area contributed by atoms with E-state index in [0.717, 1.165) is 21.7 Å². The Bertz CT molecular complexity index is 1110. The Hall–Kier alpha value is -3.25. The van der Waals surface area contributed by atoms with Crippen LogP contribution in [0.25, 0.3) is 5.76 Å². The Morgan fingerprint density at radius 2 is 1.66 bits per heavy atom. The average molecular weight is 404 g/mol. The van der Waals surface area contributed by atoms with Gasteiger partial charge in [0.25, 0.3) is 5.78 Å². The standard InChI is InChI=1S/C23H20N2O3S/c1-13-9-11-17(12-10-13)20(26)18-19(16-7-5-4-6-8-16)25(22(28)21(18)27)23-24-14(2)15(3)29-23/h4-12,19,26H,1-3H3/b20-18+/t19-/m1/s1. The molecule has 0 bridgehead atoms. The van der Waals surface area contributed by atoms with Gasteiger partial charge in [-0.2, -0.15) is 0 Å². The van der Waals surface area contributed by atoms with Gasteiger partial charge in [0.2, 0.25) is 0 Å². The fourth-order valence-electron chi connectivity index (χ4n) is 3.41. The number of aromatic nitrogens is 1. The summed E-state index contributed by atoms with van der Waals surface area (Å²) >= 11 is 1.36. The first kappa shape index (κ1) is 19.1. The largest absolute Gasteiger partial charge is 0.507 e. The van der Waals surface area contributed by atoms with Crippen molar-refractivity contribution in [2.24, 2.45) is 0 Å². The normalized spacial score (nSPS) is 18.4. The summed E-state index contributed by atoms with van der Waals surface area (Å²) in [5.74, 6) is -1.56. The van der Waals surface area contributed by atoms with Gasteiger partial charge in [-0.25, -0.2) is 4.98 Å². The molecule has 5 nitrogen and oxygen atoms in total. The monoisotopic (exact) mass is 404 g/mol. The molecule has 29 heavy (non-hydrogen) atoms. The number of Topliss-reactive ketones (excluding diaryl/α,β-unsaturated/α-hetero) is 1. The molecule has 2 aromatic carbocycles. The minimum absolute atomic E-state index is 0.0792. The van der Waals surface area contributed by atoms with Crippen molar-refractivity contribution in [3.8, 4) is 0 Å². The van der Waals surface area contributed by atoms with Crippen LogP contribution in [0.5, 0.6) is 0 Å². The summed E-state index contributed by atoms with van der Waals surface area (Å²) in [6, 6.07) is 15.7. The summed E-state index contributed by atoms with van der Waals surface area (Å²) in [5, 5.41) is 11.5. The highest BCUT2D eigenvalue weighted by atomic mass is 32.1. The molecular formula is C23H20N2O3S. The van der Waals surface area contributed by atoms with Crippen molar-refractivity contribution in [2.45, 2.75) is 26.8 Å². The van der Waals surface area contributed by atoms with Crippen LogP contribution < -0.4 is 4.90 Å². The van der Waals surface area contributed by atoms with Crippen LogP contribution in [-0.4, -0.2) is 21.8 Å². The number of hydrogen-bond donors (Lipinski definition) is 1. The fourth-order valence-corrected chi connectivity index (χ4v) is 4.34. The number of benzene rings is 2. The van der Waals surface area contributed by atoms with Crippen molar-refractivity contribution in [1.29, 1.82) is 0 Å². The van der Waals surface area contributed by atoms with Gasteiger partial charge in [0.1, 0.15) is 5.76 Å². The number of thiazole rings is 1. The summed E-state index contributed by atoms with van der Waals surface area (Å²) in [5.41, 5.74) is 3.18. The van der Waals surface area contributed by atoms with E-state index in [1.807, 2.05) is 63.2 Å². The highest BCUT2D eigenvalue weighted by Gasteiger charge is 2.48. The van der Waals surface area contributed by atoms with Crippen molar-refractivity contribution in [3.63, 3.8) is 0 Å². The summed E-state index contributed by atoms with van der Waals surface area (Å²) < 4.78 is 0. The second-order valence-electron chi connectivity index (χ2n) is 7.08. The first-order valence-electron chi connectivity index (χ1n) is 9.25. The second-order valence-corrected chi connectivity index (χ2v) is 8.27. The number of nitrogens with zero attached hydrogens (tertiary/aromatic N) is 2. The number of amides is 1. The van der Waals surface area contributed by atoms with Gasteiger partial charge in [-0.05, 0) is 26.3 Å². The maximum Gasteiger partial charge on any atom is 0.301 e. The molecule has 1 N–H and O–H groups in total. The van der Waals surface area contributed by atoms with Crippen LogP contribution in [0.15, 0.2) is 60.2 Å². The number of ketones is 1. The quantitative estimate of drug-likeness (QED) is 0.390. The number of rotatable bonds is 3. The van der Waals surface area contributed by atoms with Gasteiger partial charge in [-0.3, -0.25) is 14.5 Å². The summed E-state index contributed by atoms with van der Waals surface area (Å²) in [6.45, 7) is 5.74. The van der Waals surface area contributed by atoms with Crippen LogP contribution in [0.1, 0.15) is 33.3 Å². The third-order valence-electron chi connectivity index (χ3n) is 5.11. The van der Waals surface area contributed by atoms with E-state index in [0.29, 0.717) is 10.7 Å². The molecular weight excluding hydrogens is 384 g/mol. The highest BCUT2D eigenvalue weighted by Crippen LogP contribution is 2.43. The molecule has 0 radical (unpaired) electrons. The molecule has 4 rings (SSSR count). The molecule has 1 atom stereocenters. The minimum atomic E-state index is -0.734. The number of hydrogen-bond acceptors (Lipinski definition) is 5. The molecule has 0 saturated carbocycles. The van der Waals surface area contributed by atoms with Crippen LogP contribution in [0.3, 0.4) is 0 Å². The molecule has 0 spiro atoms. The van der Waals surface area contributed by atoms with E-state index in [1.165, 1.54) is 16.2 Å². The van der Waals surface area contributed by atoms with E-state index in [9.17, 15) is 14.7 Å². The van der Waals surface area contributed by atoms with E-state index in [4.69, 9.17) is 0 Å². The zero-order valence-electron chi connectivity index (χ0n) is 16.3. The summed E-state index contributed by atoms with van der Waals surface area (Å²) in [6.07, 6.45) is 0. The first-order valence-corrected chi connectivity index (χ1v) is 10.1. The number of aryl methyl sites for hydroxylation is 3. The predicted octanol–water partition coefficient (Wildman–Crippen LogP) is 4.69. The first-order chi connectivity index (χ1) is 13.9. The maximum atomic E-state index is 13.0. The number of aliphatic hydroxyl groups is 1. The molecule has 1 amide bonds. The SMILES string of the molecule is Cc1ccc(/C(O)=C2\C(=O)C(=O)N(c3nc(C)c(C)s3)[C@@H]2c2ccccc2)cc1. The molecule has 6 heteroatoms. The van der Waals surface area contributed by atoms with Gasteiger partial charge < -0.3 is 5.11 Å². The van der Waals surface area contributed by atoms with Crippen molar-refractivity contribution in [2.75, 3.05) is 4.90 Å². The van der Waals surface area contributed by atoms with Crippen LogP contribution in [-0.2, 0) is 9.59 Å². The zero-order chi connectivity index (χ0) is 20.7. The van der Waals surface area contributed by atoms with Crippen LogP contribution in [0.2, 0.25) is 0 Å². The molecule has 1 aliphatic heterocycles. The summed E-state index contributed by atoms with van der Waals surface area (Å²) in [4.78, 5) is 32.9. The van der Waals surface area contributed by atoms with E-state index in [-0.39, 0.29) is 11.3 Å². The van der Waals surface area contributed by atoms with Gasteiger partial charge >= 0.3 is 5.91 Å². The molecule has 1 aromatic heterocycles. The Kier molecular flexibility index (Phi) is 4.80. The predicted molar refractivity (Wildman–Crippen MR) is 114 cm³/mol. The van der Waals surface area contributed by atoms with Gasteiger partial charge in [0, 0.05) is 10.4 Å². The van der Waals surface area contributed by atoms with Gasteiger partial charge in [-0.15, -0.1) is 11.3 Å². The van der Waals surface area contributed by atoms with E-state index in [1.54, 1.807) is 12.1 Å². The molecule has 1 saturated heterocycles. The topological polar surface area (TPSA) is 70.5 Å². The number of carbonyl (C=O) groups excluding carboxylic acids is 2. The zero-order valence-corrected chi connectivity index (χ0v) is 17.2. The maximum absolute atomic E-state index is 13.0. The molecule has 0 aliphatic carbocycles. The molecule has 0 unspecified atom stereocenters. The Morgan fingerprint density at radius 3 is 2.24 bits per heavy atom. The molecule has 2 heterocycles. The lowest BCUT2D eigenvalue weighted by Gasteiger charge is -2.23. The highest BCUT2D eigenvalue weighted by molar-refractivity contribution is 7.16. The van der Waals surface area contributed by atoms with Crippen molar-refractivity contribution in [1.82, 2.24) is 4.98 Å². The van der Waals surface area contributed by atoms with E-state index >= 15 is 0 Å². The number of anilines is 1. The second kappa shape index (κ2) is 7.29. The number of aliphatic hydroxyl groups excluding tert-OH is 1. The van der Waals surface area contributed by atoms with Gasteiger partial charge in [-0.1, -0.05) is 60.2 Å². The molecule has 146 valence electrons. The Morgan fingerprint density at radius 1 is 1.00 bits per heavy atom. The third-order valence-corrected chi connectivity index (χ3v) is 6.18. The molecule has 1 fully saturated rings. The fraction of sp³-hybridized carbons (Fsp3) is 0.174. The lowest BCUT2D eigenvalue weighted by atomic mass is 9.95. The van der Waals surface area contributed by atoms with Gasteiger partial charge in [0.15, 0.2) is 5.13 Å². The van der Waals surface area contributed by atoms with Crippen LogP contribution >= 0.6 is 11.3 Å². The number of carbonyl (C=O) groups is 2. The van der Waals surface area contributed by atoms with E-state index in [2.05, 4.69) is 4.98 Å². The lowest BCUT2D eigenvalue weighted by molar-refractivity contribution is -0.132.